The summed E-state index contributed by atoms with van der Waals surface area (Å²) in [5, 5.41) is 4.37. The quantitative estimate of drug-likeness (QED) is 0.783. The third-order valence-electron chi connectivity index (χ3n) is 3.19. The molecule has 0 spiro atoms. The molecule has 3 aromatic rings. The molecule has 4 heteroatoms. The highest BCUT2D eigenvalue weighted by Crippen LogP contribution is 2.28. The molecular weight excluding hydrogens is 254 g/mol. The summed E-state index contributed by atoms with van der Waals surface area (Å²) in [4.78, 5) is 8.75. The van der Waals surface area contributed by atoms with Crippen molar-refractivity contribution in [1.82, 2.24) is 9.97 Å². The molecule has 0 fully saturated rings. The van der Waals surface area contributed by atoms with Crippen LogP contribution in [0.15, 0.2) is 36.7 Å². The number of rotatable bonds is 3. The van der Waals surface area contributed by atoms with Gasteiger partial charge in [-0.15, -0.1) is 0 Å². The van der Waals surface area contributed by atoms with Crippen LogP contribution in [-0.2, 0) is 6.54 Å². The maximum absolute atomic E-state index is 4.65. The Labute approximate surface area is 116 Å². The Kier molecular flexibility index (Phi) is 3.17. The molecule has 0 aliphatic rings. The van der Waals surface area contributed by atoms with Crippen molar-refractivity contribution in [3.8, 4) is 0 Å². The Hall–Kier alpha value is -1.94. The number of pyridine rings is 1. The smallest absolute Gasteiger partial charge is 0.184 e. The number of nitrogens with zero attached hydrogens (tertiary/aromatic N) is 2. The predicted molar refractivity (Wildman–Crippen MR) is 80.7 cm³/mol. The Morgan fingerprint density at radius 2 is 2.05 bits per heavy atom. The van der Waals surface area contributed by atoms with Gasteiger partial charge < -0.3 is 5.32 Å². The Morgan fingerprint density at radius 1 is 1.16 bits per heavy atom. The van der Waals surface area contributed by atoms with Gasteiger partial charge in [0, 0.05) is 18.9 Å². The molecule has 19 heavy (non-hydrogen) atoms. The van der Waals surface area contributed by atoms with E-state index in [2.05, 4.69) is 47.3 Å². The maximum atomic E-state index is 4.65. The largest absolute Gasteiger partial charge is 0.357 e. The van der Waals surface area contributed by atoms with Crippen LogP contribution in [0.3, 0.4) is 0 Å². The van der Waals surface area contributed by atoms with Gasteiger partial charge in [-0.3, -0.25) is 4.98 Å². The van der Waals surface area contributed by atoms with E-state index in [0.717, 1.165) is 17.2 Å². The van der Waals surface area contributed by atoms with Gasteiger partial charge in [0.15, 0.2) is 5.13 Å². The van der Waals surface area contributed by atoms with Crippen LogP contribution in [0.1, 0.15) is 16.7 Å². The normalized spacial score (nSPS) is 10.8. The Bertz CT molecular complexity index is 718. The molecule has 2 heterocycles. The number of thiazole rings is 1. The molecule has 0 atom stereocenters. The lowest BCUT2D eigenvalue weighted by Crippen LogP contribution is -2.01. The van der Waals surface area contributed by atoms with Gasteiger partial charge >= 0.3 is 0 Å². The second kappa shape index (κ2) is 4.97. The van der Waals surface area contributed by atoms with Gasteiger partial charge in [0.25, 0.3) is 0 Å². The van der Waals surface area contributed by atoms with Crippen molar-refractivity contribution in [3.05, 3.63) is 53.3 Å². The first-order valence-corrected chi connectivity index (χ1v) is 7.05. The number of anilines is 1. The molecule has 0 aliphatic carbocycles. The van der Waals surface area contributed by atoms with Crippen LogP contribution < -0.4 is 5.32 Å². The molecule has 0 aliphatic heterocycles. The van der Waals surface area contributed by atoms with Crippen LogP contribution in [-0.4, -0.2) is 9.97 Å². The van der Waals surface area contributed by atoms with Crippen LogP contribution in [0.5, 0.6) is 0 Å². The Balaban J connectivity index is 1.83. The van der Waals surface area contributed by atoms with E-state index in [1.54, 1.807) is 11.3 Å². The molecule has 3 rings (SSSR count). The van der Waals surface area contributed by atoms with Crippen molar-refractivity contribution < 1.29 is 0 Å². The lowest BCUT2D eigenvalue weighted by molar-refractivity contribution is 1.09. The molecule has 0 amide bonds. The summed E-state index contributed by atoms with van der Waals surface area (Å²) in [6, 6.07) is 8.33. The fourth-order valence-electron chi connectivity index (χ4n) is 2.03. The first kappa shape index (κ1) is 12.1. The summed E-state index contributed by atoms with van der Waals surface area (Å²) in [6.07, 6.45) is 3.71. The summed E-state index contributed by atoms with van der Waals surface area (Å²) in [7, 11) is 0. The Morgan fingerprint density at radius 3 is 2.84 bits per heavy atom. The van der Waals surface area contributed by atoms with Crippen molar-refractivity contribution in [2.45, 2.75) is 20.4 Å². The summed E-state index contributed by atoms with van der Waals surface area (Å²) >= 11 is 1.70. The fourth-order valence-corrected chi connectivity index (χ4v) is 2.97. The SMILES string of the molecule is Cc1cnccc1CNc1nc2c(C)cccc2s1. The molecule has 0 radical (unpaired) electrons. The van der Waals surface area contributed by atoms with Gasteiger partial charge in [0.1, 0.15) is 0 Å². The zero-order valence-corrected chi connectivity index (χ0v) is 11.8. The number of para-hydroxylation sites is 1. The van der Waals surface area contributed by atoms with Crippen molar-refractivity contribution in [2.75, 3.05) is 5.32 Å². The second-order valence-corrected chi connectivity index (χ2v) is 5.63. The summed E-state index contributed by atoms with van der Waals surface area (Å²) in [5.41, 5.74) is 4.78. The molecule has 1 aromatic carbocycles. The van der Waals surface area contributed by atoms with Crippen LogP contribution in [0.4, 0.5) is 5.13 Å². The van der Waals surface area contributed by atoms with Gasteiger partial charge in [-0.05, 0) is 42.7 Å². The molecule has 3 nitrogen and oxygen atoms in total. The molecule has 2 aromatic heterocycles. The zero-order valence-electron chi connectivity index (χ0n) is 11.0. The van der Waals surface area contributed by atoms with E-state index in [-0.39, 0.29) is 0 Å². The van der Waals surface area contributed by atoms with Crippen LogP contribution >= 0.6 is 11.3 Å². The highest BCUT2D eigenvalue weighted by molar-refractivity contribution is 7.22. The first-order valence-electron chi connectivity index (χ1n) is 6.23. The molecule has 0 saturated heterocycles. The molecule has 96 valence electrons. The van der Waals surface area contributed by atoms with Crippen molar-refractivity contribution in [1.29, 1.82) is 0 Å². The molecule has 0 saturated carbocycles. The summed E-state index contributed by atoms with van der Waals surface area (Å²) in [5.74, 6) is 0. The highest BCUT2D eigenvalue weighted by atomic mass is 32.1. The number of fused-ring (bicyclic) bond motifs is 1. The zero-order chi connectivity index (χ0) is 13.2. The van der Waals surface area contributed by atoms with Gasteiger partial charge in [0.2, 0.25) is 0 Å². The third kappa shape index (κ3) is 2.44. The van der Waals surface area contributed by atoms with Gasteiger partial charge in [0.05, 0.1) is 10.2 Å². The van der Waals surface area contributed by atoms with Gasteiger partial charge in [-0.2, -0.15) is 0 Å². The number of hydrogen-bond donors (Lipinski definition) is 1. The van der Waals surface area contributed by atoms with Crippen molar-refractivity contribution in [2.24, 2.45) is 0 Å². The minimum absolute atomic E-state index is 0.785. The second-order valence-electron chi connectivity index (χ2n) is 4.60. The lowest BCUT2D eigenvalue weighted by atomic mass is 10.2. The molecule has 1 N–H and O–H groups in total. The van der Waals surface area contributed by atoms with E-state index in [4.69, 9.17) is 0 Å². The minimum atomic E-state index is 0.785. The molecular formula is C15H15N3S. The van der Waals surface area contributed by atoms with Gasteiger partial charge in [-0.1, -0.05) is 23.5 Å². The summed E-state index contributed by atoms with van der Waals surface area (Å²) < 4.78 is 1.23. The first-order chi connectivity index (χ1) is 9.24. The average molecular weight is 269 g/mol. The number of aromatic nitrogens is 2. The standard InChI is InChI=1S/C15H15N3S/c1-10-4-3-5-13-14(10)18-15(19-13)17-9-12-6-7-16-8-11(12)2/h3-8H,9H2,1-2H3,(H,17,18). The molecule has 0 unspecified atom stereocenters. The van der Waals surface area contributed by atoms with Crippen molar-refractivity contribution >= 4 is 26.7 Å². The summed E-state index contributed by atoms with van der Waals surface area (Å²) in [6.45, 7) is 4.96. The number of hydrogen-bond acceptors (Lipinski definition) is 4. The van der Waals surface area contributed by atoms with Crippen LogP contribution in [0.2, 0.25) is 0 Å². The minimum Gasteiger partial charge on any atom is -0.357 e. The van der Waals surface area contributed by atoms with Crippen LogP contribution in [0, 0.1) is 13.8 Å². The average Bonchev–Trinajstić information content (AvgIpc) is 2.82. The van der Waals surface area contributed by atoms with E-state index in [0.29, 0.717) is 0 Å². The monoisotopic (exact) mass is 269 g/mol. The van der Waals surface area contributed by atoms with E-state index in [1.165, 1.54) is 21.4 Å². The van der Waals surface area contributed by atoms with E-state index in [1.807, 2.05) is 18.5 Å². The third-order valence-corrected chi connectivity index (χ3v) is 4.17. The lowest BCUT2D eigenvalue weighted by Gasteiger charge is -2.05. The van der Waals surface area contributed by atoms with E-state index in [9.17, 15) is 0 Å². The number of aryl methyl sites for hydroxylation is 2. The predicted octanol–water partition coefficient (Wildman–Crippen LogP) is 3.92. The highest BCUT2D eigenvalue weighted by Gasteiger charge is 2.05. The van der Waals surface area contributed by atoms with Crippen molar-refractivity contribution in [3.63, 3.8) is 0 Å². The fraction of sp³-hybridized carbons (Fsp3) is 0.200. The van der Waals surface area contributed by atoms with Gasteiger partial charge in [-0.25, -0.2) is 4.98 Å². The topological polar surface area (TPSA) is 37.8 Å². The van der Waals surface area contributed by atoms with E-state index < -0.39 is 0 Å². The number of nitrogens with one attached hydrogen (secondary N) is 1. The van der Waals surface area contributed by atoms with Crippen LogP contribution in [0.25, 0.3) is 10.2 Å². The van der Waals surface area contributed by atoms with E-state index >= 15 is 0 Å². The molecule has 0 bridgehead atoms. The maximum Gasteiger partial charge on any atom is 0.184 e. The number of benzene rings is 1.